The van der Waals surface area contributed by atoms with Crippen molar-refractivity contribution in [3.05, 3.63) is 40.7 Å². The molecule has 112 valence electrons. The predicted octanol–water partition coefficient (Wildman–Crippen LogP) is 4.70. The van der Waals surface area contributed by atoms with Crippen LogP contribution in [-0.2, 0) is 0 Å². The van der Waals surface area contributed by atoms with Gasteiger partial charge in [0.1, 0.15) is 17.5 Å². The van der Waals surface area contributed by atoms with Crippen LogP contribution in [0.25, 0.3) is 0 Å². The molecule has 0 amide bonds. The first-order valence-corrected chi connectivity index (χ1v) is 7.28. The van der Waals surface area contributed by atoms with E-state index in [-0.39, 0.29) is 5.54 Å². The van der Waals surface area contributed by atoms with Crippen molar-refractivity contribution >= 4 is 28.9 Å². The van der Waals surface area contributed by atoms with Crippen molar-refractivity contribution in [2.24, 2.45) is 0 Å². The zero-order valence-electron chi connectivity index (χ0n) is 13.1. The molecule has 1 aromatic carbocycles. The highest BCUT2D eigenvalue weighted by Gasteiger charge is 2.12. The van der Waals surface area contributed by atoms with E-state index >= 15 is 0 Å². The van der Waals surface area contributed by atoms with Crippen LogP contribution >= 0.6 is 11.6 Å². The molecule has 0 bridgehead atoms. The van der Waals surface area contributed by atoms with Gasteiger partial charge in [-0.05, 0) is 52.3 Å². The maximum Gasteiger partial charge on any atom is 0.136 e. The Labute approximate surface area is 131 Å². The lowest BCUT2D eigenvalue weighted by molar-refractivity contribution is 0.629. The number of hydrogen-bond acceptors (Lipinski definition) is 4. The summed E-state index contributed by atoms with van der Waals surface area (Å²) in [5.41, 5.74) is 1.90. The normalized spacial score (nSPS) is 11.3. The molecular formula is C16H21ClN4. The predicted molar refractivity (Wildman–Crippen MR) is 89.6 cm³/mol. The number of hydrogen-bond donors (Lipinski definition) is 2. The van der Waals surface area contributed by atoms with Gasteiger partial charge in [-0.1, -0.05) is 17.7 Å². The molecule has 0 aliphatic heterocycles. The highest BCUT2D eigenvalue weighted by molar-refractivity contribution is 6.31. The van der Waals surface area contributed by atoms with Crippen LogP contribution in [0, 0.1) is 13.8 Å². The third kappa shape index (κ3) is 4.33. The van der Waals surface area contributed by atoms with Crippen molar-refractivity contribution in [2.75, 3.05) is 10.6 Å². The van der Waals surface area contributed by atoms with E-state index in [0.29, 0.717) is 5.82 Å². The van der Waals surface area contributed by atoms with Crippen LogP contribution in [0.3, 0.4) is 0 Å². The zero-order valence-corrected chi connectivity index (χ0v) is 13.8. The molecule has 2 aromatic rings. The van der Waals surface area contributed by atoms with Gasteiger partial charge in [0.25, 0.3) is 0 Å². The minimum Gasteiger partial charge on any atom is -0.365 e. The largest absolute Gasteiger partial charge is 0.365 e. The van der Waals surface area contributed by atoms with Gasteiger partial charge in [0.2, 0.25) is 0 Å². The zero-order chi connectivity index (χ0) is 15.6. The third-order valence-electron chi connectivity index (χ3n) is 2.87. The molecule has 0 saturated carbocycles. The van der Waals surface area contributed by atoms with Gasteiger partial charge in [0, 0.05) is 22.3 Å². The molecular weight excluding hydrogens is 284 g/mol. The van der Waals surface area contributed by atoms with E-state index in [9.17, 15) is 0 Å². The van der Waals surface area contributed by atoms with E-state index in [1.807, 2.05) is 38.1 Å². The number of nitrogens with one attached hydrogen (secondary N) is 2. The molecule has 0 aliphatic rings. The van der Waals surface area contributed by atoms with Crippen molar-refractivity contribution in [3.63, 3.8) is 0 Å². The van der Waals surface area contributed by atoms with Gasteiger partial charge in [-0.2, -0.15) is 0 Å². The molecule has 0 radical (unpaired) electrons. The average Bonchev–Trinajstić information content (AvgIpc) is 2.32. The number of nitrogens with zero attached hydrogens (tertiary/aromatic N) is 2. The van der Waals surface area contributed by atoms with Gasteiger partial charge >= 0.3 is 0 Å². The first-order chi connectivity index (χ1) is 9.74. The number of anilines is 3. The summed E-state index contributed by atoms with van der Waals surface area (Å²) in [5.74, 6) is 2.27. The summed E-state index contributed by atoms with van der Waals surface area (Å²) in [7, 11) is 0. The van der Waals surface area contributed by atoms with Gasteiger partial charge in [0.05, 0.1) is 0 Å². The van der Waals surface area contributed by atoms with Gasteiger partial charge in [-0.25, -0.2) is 9.97 Å². The van der Waals surface area contributed by atoms with E-state index in [0.717, 1.165) is 27.9 Å². The van der Waals surface area contributed by atoms with Crippen molar-refractivity contribution in [1.29, 1.82) is 0 Å². The maximum atomic E-state index is 6.14. The molecule has 2 rings (SSSR count). The molecule has 4 nitrogen and oxygen atoms in total. The number of rotatable bonds is 3. The molecule has 0 spiro atoms. The summed E-state index contributed by atoms with van der Waals surface area (Å²) in [6.45, 7) is 10.1. The lowest BCUT2D eigenvalue weighted by Gasteiger charge is -2.22. The van der Waals surface area contributed by atoms with E-state index in [4.69, 9.17) is 11.6 Å². The average molecular weight is 305 g/mol. The second-order valence-corrected chi connectivity index (χ2v) is 6.51. The second-order valence-electron chi connectivity index (χ2n) is 6.10. The fourth-order valence-electron chi connectivity index (χ4n) is 1.96. The quantitative estimate of drug-likeness (QED) is 0.863. The summed E-state index contributed by atoms with van der Waals surface area (Å²) in [4.78, 5) is 8.84. The Balaban J connectivity index is 2.30. The van der Waals surface area contributed by atoms with Crippen LogP contribution in [0.4, 0.5) is 17.3 Å². The lowest BCUT2D eigenvalue weighted by Crippen LogP contribution is -2.27. The Morgan fingerprint density at radius 3 is 2.38 bits per heavy atom. The number of halogens is 1. The van der Waals surface area contributed by atoms with Crippen LogP contribution in [-0.4, -0.2) is 15.5 Å². The van der Waals surface area contributed by atoms with Crippen molar-refractivity contribution in [2.45, 2.75) is 40.2 Å². The summed E-state index contributed by atoms with van der Waals surface area (Å²) >= 11 is 6.14. The summed E-state index contributed by atoms with van der Waals surface area (Å²) in [5, 5.41) is 7.40. The molecule has 0 unspecified atom stereocenters. The van der Waals surface area contributed by atoms with Crippen LogP contribution in [0.5, 0.6) is 0 Å². The molecule has 1 aromatic heterocycles. The number of aromatic nitrogens is 2. The molecule has 0 aliphatic carbocycles. The Morgan fingerprint density at radius 1 is 1.05 bits per heavy atom. The monoisotopic (exact) mass is 304 g/mol. The van der Waals surface area contributed by atoms with E-state index in [2.05, 4.69) is 41.4 Å². The first-order valence-electron chi connectivity index (χ1n) is 6.90. The van der Waals surface area contributed by atoms with Crippen LogP contribution in [0.1, 0.15) is 32.2 Å². The van der Waals surface area contributed by atoms with Gasteiger partial charge in [-0.15, -0.1) is 0 Å². The maximum absolute atomic E-state index is 6.14. The Bertz CT molecular complexity index is 647. The Morgan fingerprint density at radius 2 is 1.71 bits per heavy atom. The second kappa shape index (κ2) is 5.90. The molecule has 21 heavy (non-hydrogen) atoms. The Kier molecular flexibility index (Phi) is 4.37. The van der Waals surface area contributed by atoms with E-state index in [1.165, 1.54) is 0 Å². The fraction of sp³-hybridized carbons (Fsp3) is 0.375. The molecule has 0 atom stereocenters. The highest BCUT2D eigenvalue weighted by Crippen LogP contribution is 2.26. The van der Waals surface area contributed by atoms with Gasteiger partial charge < -0.3 is 10.6 Å². The molecule has 2 N–H and O–H groups in total. The van der Waals surface area contributed by atoms with Gasteiger partial charge in [-0.3, -0.25) is 0 Å². The summed E-state index contributed by atoms with van der Waals surface area (Å²) < 4.78 is 0. The summed E-state index contributed by atoms with van der Waals surface area (Å²) in [6, 6.07) is 7.67. The van der Waals surface area contributed by atoms with E-state index in [1.54, 1.807) is 0 Å². The van der Waals surface area contributed by atoms with Gasteiger partial charge in [0.15, 0.2) is 0 Å². The smallest absolute Gasteiger partial charge is 0.136 e. The molecule has 1 heterocycles. The number of benzene rings is 1. The summed E-state index contributed by atoms with van der Waals surface area (Å²) in [6.07, 6.45) is 0. The van der Waals surface area contributed by atoms with Crippen LogP contribution < -0.4 is 10.6 Å². The van der Waals surface area contributed by atoms with Crippen molar-refractivity contribution < 1.29 is 0 Å². The SMILES string of the molecule is Cc1nc(Nc2cccc(Cl)c2C)cc(NC(C)(C)C)n1. The topological polar surface area (TPSA) is 49.8 Å². The molecule has 5 heteroatoms. The van der Waals surface area contributed by atoms with E-state index < -0.39 is 0 Å². The first kappa shape index (κ1) is 15.6. The van der Waals surface area contributed by atoms with Crippen LogP contribution in [0.2, 0.25) is 5.02 Å². The van der Waals surface area contributed by atoms with Crippen molar-refractivity contribution in [3.8, 4) is 0 Å². The Hall–Kier alpha value is -1.81. The fourth-order valence-corrected chi connectivity index (χ4v) is 2.14. The minimum absolute atomic E-state index is 0.0516. The van der Waals surface area contributed by atoms with Crippen LogP contribution in [0.15, 0.2) is 24.3 Å². The standard InChI is InChI=1S/C16H21ClN4/c1-10-12(17)7-6-8-13(10)20-14-9-15(19-11(2)18-14)21-16(3,4)5/h6-9H,1-5H3,(H2,18,19,20,21). The minimum atomic E-state index is -0.0516. The molecule has 0 saturated heterocycles. The third-order valence-corrected chi connectivity index (χ3v) is 3.28. The van der Waals surface area contributed by atoms with Crippen molar-refractivity contribution in [1.82, 2.24) is 9.97 Å². The highest BCUT2D eigenvalue weighted by atomic mass is 35.5. The molecule has 0 fully saturated rings. The lowest BCUT2D eigenvalue weighted by atomic mass is 10.1. The number of aryl methyl sites for hydroxylation is 1.